The Hall–Kier alpha value is -2.21. The van der Waals surface area contributed by atoms with E-state index >= 15 is 0 Å². The van der Waals surface area contributed by atoms with Crippen LogP contribution < -0.4 is 4.90 Å². The molecule has 0 atom stereocenters. The van der Waals surface area contributed by atoms with Crippen LogP contribution in [0.3, 0.4) is 0 Å². The molecule has 0 N–H and O–H groups in total. The Kier molecular flexibility index (Phi) is 5.59. The molecule has 0 bridgehead atoms. The fraction of sp³-hybridized carbons (Fsp3) is 0.500. The van der Waals surface area contributed by atoms with Crippen molar-refractivity contribution in [3.63, 3.8) is 0 Å². The van der Waals surface area contributed by atoms with Gasteiger partial charge < -0.3 is 9.80 Å². The van der Waals surface area contributed by atoms with E-state index in [0.717, 1.165) is 59.9 Å². The van der Waals surface area contributed by atoms with Gasteiger partial charge in [0.25, 0.3) is 10.0 Å². The van der Waals surface area contributed by atoms with Gasteiger partial charge in [0.2, 0.25) is 0 Å². The largest absolute Gasteiger partial charge is 0.368 e. The first-order valence-electron chi connectivity index (χ1n) is 10.4. The first-order chi connectivity index (χ1) is 15.0. The number of hydrogen-bond donors (Lipinski definition) is 0. The Labute approximate surface area is 185 Å². The van der Waals surface area contributed by atoms with E-state index in [9.17, 15) is 8.42 Å². The predicted molar refractivity (Wildman–Crippen MR) is 120 cm³/mol. The summed E-state index contributed by atoms with van der Waals surface area (Å²) < 4.78 is 27.4. The monoisotopic (exact) mass is 459 g/mol. The molecule has 2 fully saturated rings. The molecule has 9 nitrogen and oxygen atoms in total. The van der Waals surface area contributed by atoms with E-state index in [0.29, 0.717) is 30.1 Å². The first kappa shape index (κ1) is 20.7. The molecule has 2 aliphatic heterocycles. The fourth-order valence-electron chi connectivity index (χ4n) is 4.32. The molecule has 0 aromatic carbocycles. The predicted octanol–water partition coefficient (Wildman–Crippen LogP) is 1.80. The van der Waals surface area contributed by atoms with Gasteiger partial charge in [0.05, 0.1) is 34.8 Å². The van der Waals surface area contributed by atoms with Gasteiger partial charge >= 0.3 is 0 Å². The number of rotatable bonds is 4. The molecule has 31 heavy (non-hydrogen) atoms. The second-order valence-corrected chi connectivity index (χ2v) is 11.2. The zero-order valence-corrected chi connectivity index (χ0v) is 19.0. The highest BCUT2D eigenvalue weighted by Crippen LogP contribution is 2.33. The van der Waals surface area contributed by atoms with Crippen LogP contribution in [0.15, 0.2) is 34.5 Å². The van der Waals surface area contributed by atoms with Gasteiger partial charge in [-0.2, -0.15) is 4.31 Å². The van der Waals surface area contributed by atoms with Crippen molar-refractivity contribution in [1.82, 2.24) is 29.1 Å². The minimum Gasteiger partial charge on any atom is -0.368 e. The summed E-state index contributed by atoms with van der Waals surface area (Å²) in [6, 6.07) is 2.10. The van der Waals surface area contributed by atoms with Crippen LogP contribution in [0.1, 0.15) is 24.5 Å². The van der Waals surface area contributed by atoms with Gasteiger partial charge in [-0.15, -0.1) is 11.3 Å². The number of aromatic nitrogens is 4. The number of hydrogen-bond acceptors (Lipinski definition) is 9. The van der Waals surface area contributed by atoms with Crippen molar-refractivity contribution in [1.29, 1.82) is 0 Å². The molecule has 5 heterocycles. The van der Waals surface area contributed by atoms with Crippen molar-refractivity contribution in [3.05, 3.63) is 36.0 Å². The fourth-order valence-corrected chi connectivity index (χ4v) is 6.74. The summed E-state index contributed by atoms with van der Waals surface area (Å²) in [4.78, 5) is 22.3. The average Bonchev–Trinajstić information content (AvgIpc) is 3.35. The number of fused-ring (bicyclic) bond motifs is 1. The molecule has 0 amide bonds. The number of sulfonamides is 1. The summed E-state index contributed by atoms with van der Waals surface area (Å²) in [6.07, 6.45) is 6.38. The van der Waals surface area contributed by atoms with Crippen molar-refractivity contribution < 1.29 is 8.42 Å². The third-order valence-electron chi connectivity index (χ3n) is 6.20. The molecule has 11 heteroatoms. The van der Waals surface area contributed by atoms with Gasteiger partial charge in [0, 0.05) is 45.2 Å². The molecule has 3 aromatic heterocycles. The first-order valence-corrected chi connectivity index (χ1v) is 12.8. The van der Waals surface area contributed by atoms with E-state index in [1.54, 1.807) is 16.1 Å². The van der Waals surface area contributed by atoms with Crippen LogP contribution in [0.5, 0.6) is 0 Å². The maximum atomic E-state index is 12.8. The van der Waals surface area contributed by atoms with Crippen molar-refractivity contribution in [2.75, 3.05) is 51.2 Å². The maximum Gasteiger partial charge on any atom is 0.254 e. The van der Waals surface area contributed by atoms with E-state index in [2.05, 4.69) is 37.9 Å². The Morgan fingerprint density at radius 2 is 1.77 bits per heavy atom. The molecular formula is C20H25N7O2S2. The van der Waals surface area contributed by atoms with Crippen LogP contribution in [0.4, 0.5) is 5.69 Å². The molecule has 2 aliphatic rings. The maximum absolute atomic E-state index is 12.8. The molecule has 0 saturated carbocycles. The summed E-state index contributed by atoms with van der Waals surface area (Å²) in [5.41, 5.74) is 5.24. The zero-order chi connectivity index (χ0) is 21.4. The van der Waals surface area contributed by atoms with Crippen LogP contribution >= 0.6 is 11.3 Å². The highest BCUT2D eigenvalue weighted by Gasteiger charge is 2.32. The number of piperidine rings is 1. The Morgan fingerprint density at radius 1 is 1.00 bits per heavy atom. The molecule has 3 aromatic rings. The van der Waals surface area contributed by atoms with Crippen molar-refractivity contribution >= 4 is 38.1 Å². The van der Waals surface area contributed by atoms with Crippen LogP contribution in [-0.2, 0) is 10.0 Å². The lowest BCUT2D eigenvalue weighted by molar-refractivity contribution is 0.313. The Bertz CT molecular complexity index is 1150. The van der Waals surface area contributed by atoms with E-state index in [1.165, 1.54) is 6.20 Å². The third kappa shape index (κ3) is 4.02. The summed E-state index contributed by atoms with van der Waals surface area (Å²) in [5.74, 6) is 0.167. The topological polar surface area (TPSA) is 95.4 Å². The number of anilines is 1. The lowest BCUT2D eigenvalue weighted by atomic mass is 9.93. The summed E-state index contributed by atoms with van der Waals surface area (Å²) >= 11 is 1.16. The number of piperazine rings is 1. The Morgan fingerprint density at radius 3 is 2.48 bits per heavy atom. The number of nitrogens with zero attached hydrogens (tertiary/aromatic N) is 7. The average molecular weight is 460 g/mol. The molecule has 2 saturated heterocycles. The summed E-state index contributed by atoms with van der Waals surface area (Å²) in [6.45, 7) is 4.97. The molecule has 5 rings (SSSR count). The quantitative estimate of drug-likeness (QED) is 0.583. The minimum atomic E-state index is -3.46. The molecule has 0 aliphatic carbocycles. The van der Waals surface area contributed by atoms with Gasteiger partial charge in [-0.3, -0.25) is 9.97 Å². The van der Waals surface area contributed by atoms with E-state index in [4.69, 9.17) is 4.98 Å². The lowest BCUT2D eigenvalue weighted by Gasteiger charge is -2.34. The number of likely N-dealkylation sites (N-methyl/N-ethyl adjacent to an activating group) is 1. The summed E-state index contributed by atoms with van der Waals surface area (Å²) in [7, 11) is -1.31. The summed E-state index contributed by atoms with van der Waals surface area (Å²) in [5, 5.41) is 0. The van der Waals surface area contributed by atoms with Crippen molar-refractivity contribution in [2.45, 2.75) is 23.0 Å². The molecule has 164 valence electrons. The minimum absolute atomic E-state index is 0.167. The van der Waals surface area contributed by atoms with E-state index < -0.39 is 10.0 Å². The van der Waals surface area contributed by atoms with Crippen molar-refractivity contribution in [2.24, 2.45) is 0 Å². The van der Waals surface area contributed by atoms with Gasteiger partial charge in [0.15, 0.2) is 4.21 Å². The van der Waals surface area contributed by atoms with Gasteiger partial charge in [-0.25, -0.2) is 18.4 Å². The van der Waals surface area contributed by atoms with Gasteiger partial charge in [-0.1, -0.05) is 0 Å². The second kappa shape index (κ2) is 8.38. The van der Waals surface area contributed by atoms with E-state index in [-0.39, 0.29) is 5.92 Å². The zero-order valence-electron chi connectivity index (χ0n) is 17.4. The third-order valence-corrected chi connectivity index (χ3v) is 9.35. The normalized spacial score (nSPS) is 19.8. The number of pyridine rings is 1. The molecule has 0 unspecified atom stereocenters. The Balaban J connectivity index is 1.34. The highest BCUT2D eigenvalue weighted by molar-refractivity contribution is 7.91. The number of thiazole rings is 1. The SMILES string of the molecule is CN1CCN(c2cnc3c(C4CCN(S(=O)(=O)c5cncs5)CC4)ncnc3c2)CC1. The molecular weight excluding hydrogens is 434 g/mol. The van der Waals surface area contributed by atoms with Gasteiger partial charge in [0.1, 0.15) is 11.8 Å². The molecule has 0 radical (unpaired) electrons. The lowest BCUT2D eigenvalue weighted by Crippen LogP contribution is -2.44. The van der Waals surface area contributed by atoms with Crippen LogP contribution in [0.25, 0.3) is 11.0 Å². The van der Waals surface area contributed by atoms with Crippen LogP contribution in [0.2, 0.25) is 0 Å². The second-order valence-electron chi connectivity index (χ2n) is 8.11. The van der Waals surface area contributed by atoms with Gasteiger partial charge in [-0.05, 0) is 26.0 Å². The smallest absolute Gasteiger partial charge is 0.254 e. The van der Waals surface area contributed by atoms with Crippen LogP contribution in [-0.4, -0.2) is 83.9 Å². The highest BCUT2D eigenvalue weighted by atomic mass is 32.2. The van der Waals surface area contributed by atoms with Crippen molar-refractivity contribution in [3.8, 4) is 0 Å². The van der Waals surface area contributed by atoms with E-state index in [1.807, 2.05) is 6.20 Å². The molecule has 0 spiro atoms. The van der Waals surface area contributed by atoms with Crippen LogP contribution in [0, 0.1) is 0 Å². The standard InChI is InChI=1S/C20H25N7O2S2/c1-25-6-8-26(9-7-25)16-10-17-20(22-11-16)19(24-13-23-17)15-2-4-27(5-3-15)31(28,29)18-12-21-14-30-18/h10-15H,2-9H2,1H3.